The molecule has 0 radical (unpaired) electrons. The van der Waals surface area contributed by atoms with Gasteiger partial charge in [-0.25, -0.2) is 12.8 Å². The summed E-state index contributed by atoms with van der Waals surface area (Å²) in [5.74, 6) is -1.79. The van der Waals surface area contributed by atoms with E-state index in [9.17, 15) is 17.6 Å². The average Bonchev–Trinajstić information content (AvgIpc) is 2.15. The smallest absolute Gasteiger partial charge is 0.181 e. The Balaban J connectivity index is 3.12. The van der Waals surface area contributed by atoms with E-state index in [0.29, 0.717) is 0 Å². The van der Waals surface area contributed by atoms with Gasteiger partial charge in [0.1, 0.15) is 17.3 Å². The van der Waals surface area contributed by atoms with E-state index in [1.165, 1.54) is 13.2 Å². The molecule has 0 unspecified atom stereocenters. The molecule has 0 fully saturated rings. The average molecular weight is 246 g/mol. The predicted molar refractivity (Wildman–Crippen MR) is 57.0 cm³/mol. The fourth-order valence-corrected chi connectivity index (χ4v) is 1.85. The first-order valence-corrected chi connectivity index (χ1v) is 6.44. The molecular formula is C10H11FO4S. The van der Waals surface area contributed by atoms with E-state index in [-0.39, 0.29) is 11.3 Å². The summed E-state index contributed by atoms with van der Waals surface area (Å²) in [4.78, 5) is 11.6. The van der Waals surface area contributed by atoms with E-state index in [1.54, 1.807) is 0 Å². The van der Waals surface area contributed by atoms with Gasteiger partial charge in [-0.1, -0.05) is 0 Å². The summed E-state index contributed by atoms with van der Waals surface area (Å²) in [6.45, 7) is 0. The summed E-state index contributed by atoms with van der Waals surface area (Å²) in [7, 11) is -2.11. The Hall–Kier alpha value is -1.43. The first-order chi connectivity index (χ1) is 7.33. The third kappa shape index (κ3) is 3.30. The van der Waals surface area contributed by atoms with Crippen LogP contribution in [0.15, 0.2) is 18.2 Å². The summed E-state index contributed by atoms with van der Waals surface area (Å²) in [5, 5.41) is 0. The number of ketones is 1. The van der Waals surface area contributed by atoms with Crippen molar-refractivity contribution in [1.29, 1.82) is 0 Å². The molecule has 4 nitrogen and oxygen atoms in total. The fraction of sp³-hybridized carbons (Fsp3) is 0.300. The first-order valence-electron chi connectivity index (χ1n) is 4.38. The lowest BCUT2D eigenvalue weighted by Crippen LogP contribution is -2.15. The molecule has 88 valence electrons. The van der Waals surface area contributed by atoms with Crippen LogP contribution < -0.4 is 4.74 Å². The number of Topliss-reactive ketones (excluding diaryl/α,β-unsaturated/α-hetero) is 1. The summed E-state index contributed by atoms with van der Waals surface area (Å²) >= 11 is 0. The SMILES string of the molecule is COc1ccc(F)cc1C(=O)CS(C)(=O)=O. The number of carbonyl (C=O) groups is 1. The third-order valence-corrected chi connectivity index (χ3v) is 2.64. The number of rotatable bonds is 4. The molecule has 16 heavy (non-hydrogen) atoms. The van der Waals surface area contributed by atoms with Crippen molar-refractivity contribution in [3.05, 3.63) is 29.6 Å². The van der Waals surface area contributed by atoms with Crippen molar-refractivity contribution in [2.75, 3.05) is 19.1 Å². The van der Waals surface area contributed by atoms with Crippen molar-refractivity contribution in [3.63, 3.8) is 0 Å². The van der Waals surface area contributed by atoms with E-state index in [2.05, 4.69) is 0 Å². The number of hydrogen-bond acceptors (Lipinski definition) is 4. The molecular weight excluding hydrogens is 235 g/mol. The van der Waals surface area contributed by atoms with Crippen LogP contribution in [0.3, 0.4) is 0 Å². The normalized spacial score (nSPS) is 11.2. The lowest BCUT2D eigenvalue weighted by Gasteiger charge is -2.06. The second-order valence-electron chi connectivity index (χ2n) is 3.34. The predicted octanol–water partition coefficient (Wildman–Crippen LogP) is 1.06. The molecule has 0 spiro atoms. The van der Waals surface area contributed by atoms with Crippen LogP contribution in [0.2, 0.25) is 0 Å². The number of ether oxygens (including phenoxy) is 1. The molecule has 0 heterocycles. The highest BCUT2D eigenvalue weighted by atomic mass is 32.2. The topological polar surface area (TPSA) is 60.4 Å². The molecule has 6 heteroatoms. The second kappa shape index (κ2) is 4.61. The maximum atomic E-state index is 12.9. The minimum atomic E-state index is -3.44. The van der Waals surface area contributed by atoms with Crippen LogP contribution in [0.25, 0.3) is 0 Å². The van der Waals surface area contributed by atoms with E-state index < -0.39 is 27.2 Å². The second-order valence-corrected chi connectivity index (χ2v) is 5.48. The van der Waals surface area contributed by atoms with Gasteiger partial charge in [-0.05, 0) is 18.2 Å². The minimum absolute atomic E-state index is 0.0621. The number of methoxy groups -OCH3 is 1. The maximum absolute atomic E-state index is 12.9. The van der Waals surface area contributed by atoms with Gasteiger partial charge in [0.05, 0.1) is 12.7 Å². The quantitative estimate of drug-likeness (QED) is 0.745. The first kappa shape index (κ1) is 12.6. The van der Waals surface area contributed by atoms with Gasteiger partial charge in [0, 0.05) is 6.26 Å². The van der Waals surface area contributed by atoms with Crippen LogP contribution in [-0.2, 0) is 9.84 Å². The highest BCUT2D eigenvalue weighted by Crippen LogP contribution is 2.20. The number of benzene rings is 1. The molecule has 0 aliphatic carbocycles. The Bertz CT molecular complexity index is 508. The summed E-state index contributed by atoms with van der Waals surface area (Å²) < 4.78 is 39.7. The molecule has 0 saturated carbocycles. The Morgan fingerprint density at radius 3 is 2.56 bits per heavy atom. The van der Waals surface area contributed by atoms with E-state index in [1.807, 2.05) is 0 Å². The molecule has 0 bridgehead atoms. The lowest BCUT2D eigenvalue weighted by atomic mass is 10.1. The van der Waals surface area contributed by atoms with Gasteiger partial charge in [-0.15, -0.1) is 0 Å². The zero-order valence-electron chi connectivity index (χ0n) is 8.86. The Morgan fingerprint density at radius 2 is 2.06 bits per heavy atom. The van der Waals surface area contributed by atoms with E-state index >= 15 is 0 Å². The van der Waals surface area contributed by atoms with Gasteiger partial charge in [0.2, 0.25) is 0 Å². The molecule has 0 amide bonds. The summed E-state index contributed by atoms with van der Waals surface area (Å²) in [5.41, 5.74) is -0.0621. The van der Waals surface area contributed by atoms with E-state index in [4.69, 9.17) is 4.74 Å². The molecule has 0 N–H and O–H groups in total. The largest absolute Gasteiger partial charge is 0.496 e. The van der Waals surface area contributed by atoms with Crippen LogP contribution in [0, 0.1) is 5.82 Å². The van der Waals surface area contributed by atoms with Gasteiger partial charge in [-0.3, -0.25) is 4.79 Å². The standard InChI is InChI=1S/C10H11FO4S/c1-15-10-4-3-7(11)5-8(10)9(12)6-16(2,13)14/h3-5H,6H2,1-2H3. The number of sulfone groups is 1. The Morgan fingerprint density at radius 1 is 1.44 bits per heavy atom. The van der Waals surface area contributed by atoms with Crippen molar-refractivity contribution in [2.45, 2.75) is 0 Å². The van der Waals surface area contributed by atoms with Gasteiger partial charge in [0.25, 0.3) is 0 Å². The molecule has 0 aromatic heterocycles. The van der Waals surface area contributed by atoms with Crippen LogP contribution in [0.5, 0.6) is 5.75 Å². The minimum Gasteiger partial charge on any atom is -0.496 e. The molecule has 0 atom stereocenters. The van der Waals surface area contributed by atoms with Gasteiger partial charge >= 0.3 is 0 Å². The van der Waals surface area contributed by atoms with Gasteiger partial charge < -0.3 is 4.74 Å². The van der Waals surface area contributed by atoms with Crippen molar-refractivity contribution in [1.82, 2.24) is 0 Å². The van der Waals surface area contributed by atoms with Crippen molar-refractivity contribution in [2.24, 2.45) is 0 Å². The van der Waals surface area contributed by atoms with Crippen LogP contribution >= 0.6 is 0 Å². The molecule has 1 rings (SSSR count). The van der Waals surface area contributed by atoms with Crippen LogP contribution in [0.1, 0.15) is 10.4 Å². The fourth-order valence-electron chi connectivity index (χ4n) is 1.21. The van der Waals surface area contributed by atoms with Crippen molar-refractivity contribution < 1.29 is 22.3 Å². The Labute approximate surface area is 93.0 Å². The number of hydrogen-bond donors (Lipinski definition) is 0. The summed E-state index contributed by atoms with van der Waals surface area (Å²) in [6, 6.07) is 3.38. The van der Waals surface area contributed by atoms with E-state index in [0.717, 1.165) is 18.4 Å². The molecule has 0 saturated heterocycles. The zero-order chi connectivity index (χ0) is 12.3. The monoisotopic (exact) mass is 246 g/mol. The van der Waals surface area contributed by atoms with Gasteiger partial charge in [-0.2, -0.15) is 0 Å². The van der Waals surface area contributed by atoms with Gasteiger partial charge in [0.15, 0.2) is 15.6 Å². The highest BCUT2D eigenvalue weighted by Gasteiger charge is 2.17. The molecule has 1 aromatic rings. The number of carbonyl (C=O) groups excluding carboxylic acids is 1. The lowest BCUT2D eigenvalue weighted by molar-refractivity contribution is 0.101. The zero-order valence-corrected chi connectivity index (χ0v) is 9.67. The molecule has 0 aliphatic rings. The number of halogens is 1. The maximum Gasteiger partial charge on any atom is 0.181 e. The third-order valence-electron chi connectivity index (χ3n) is 1.86. The van der Waals surface area contributed by atoms with Crippen molar-refractivity contribution >= 4 is 15.6 Å². The van der Waals surface area contributed by atoms with Crippen LogP contribution in [-0.4, -0.2) is 33.3 Å². The Kier molecular flexibility index (Phi) is 3.64. The highest BCUT2D eigenvalue weighted by molar-refractivity contribution is 7.91. The summed E-state index contributed by atoms with van der Waals surface area (Å²) in [6.07, 6.45) is 0.941. The molecule has 0 aliphatic heterocycles. The molecule has 1 aromatic carbocycles. The van der Waals surface area contributed by atoms with Crippen LogP contribution in [0.4, 0.5) is 4.39 Å². The van der Waals surface area contributed by atoms with Crippen molar-refractivity contribution in [3.8, 4) is 5.75 Å².